The molecule has 158 valence electrons. The van der Waals surface area contributed by atoms with Crippen molar-refractivity contribution in [3.05, 3.63) is 24.3 Å². The highest BCUT2D eigenvalue weighted by Crippen LogP contribution is 2.40. The number of amides is 3. The molecule has 1 spiro atoms. The van der Waals surface area contributed by atoms with Gasteiger partial charge in [-0.25, -0.2) is 14.8 Å². The molecule has 0 saturated carbocycles. The summed E-state index contributed by atoms with van der Waals surface area (Å²) < 4.78 is 5.43. The SMILES string of the molecule is CC(C)(C)OC(=O)N1CCCC12CN(C(CO)C(=O)NCc1ncccn1)C2=O. The van der Waals surface area contributed by atoms with Crippen LogP contribution in [0.1, 0.15) is 39.4 Å². The maximum absolute atomic E-state index is 13.0. The van der Waals surface area contributed by atoms with Crippen molar-refractivity contribution >= 4 is 17.9 Å². The molecule has 2 fully saturated rings. The van der Waals surface area contributed by atoms with E-state index in [1.807, 2.05) is 0 Å². The lowest BCUT2D eigenvalue weighted by atomic mass is 9.84. The molecule has 10 nitrogen and oxygen atoms in total. The number of hydrogen-bond acceptors (Lipinski definition) is 7. The molecule has 0 aliphatic carbocycles. The number of aromatic nitrogens is 2. The van der Waals surface area contributed by atoms with Crippen LogP contribution in [0.3, 0.4) is 0 Å². The number of carbonyl (C=O) groups is 3. The predicted molar refractivity (Wildman–Crippen MR) is 101 cm³/mol. The fraction of sp³-hybridized carbons (Fsp3) is 0.632. The number of aliphatic hydroxyl groups excluding tert-OH is 1. The molecular weight excluding hydrogens is 378 g/mol. The lowest BCUT2D eigenvalue weighted by molar-refractivity contribution is -0.169. The Balaban J connectivity index is 1.64. The highest BCUT2D eigenvalue weighted by molar-refractivity contribution is 5.99. The second-order valence-electron chi connectivity index (χ2n) is 8.28. The molecule has 2 unspecified atom stereocenters. The van der Waals surface area contributed by atoms with E-state index in [1.165, 1.54) is 9.80 Å². The van der Waals surface area contributed by atoms with E-state index in [0.717, 1.165) is 0 Å². The predicted octanol–water partition coefficient (Wildman–Crippen LogP) is 0.0656. The van der Waals surface area contributed by atoms with Crippen LogP contribution in [-0.4, -0.2) is 79.7 Å². The van der Waals surface area contributed by atoms with Crippen LogP contribution in [0, 0.1) is 0 Å². The molecule has 0 bridgehead atoms. The van der Waals surface area contributed by atoms with Gasteiger partial charge in [-0.2, -0.15) is 0 Å². The first-order valence-electron chi connectivity index (χ1n) is 9.64. The van der Waals surface area contributed by atoms with Crippen molar-refractivity contribution in [2.75, 3.05) is 19.7 Å². The zero-order chi connectivity index (χ0) is 21.2. The average molecular weight is 405 g/mol. The molecule has 0 radical (unpaired) electrons. The number of nitrogens with zero attached hydrogens (tertiary/aromatic N) is 4. The first-order valence-corrected chi connectivity index (χ1v) is 9.64. The van der Waals surface area contributed by atoms with Gasteiger partial charge in [0.2, 0.25) is 5.91 Å². The molecule has 3 amide bonds. The monoisotopic (exact) mass is 405 g/mol. The summed E-state index contributed by atoms with van der Waals surface area (Å²) in [5.41, 5.74) is -1.65. The van der Waals surface area contributed by atoms with Gasteiger partial charge in [-0.3, -0.25) is 14.5 Å². The van der Waals surface area contributed by atoms with Crippen molar-refractivity contribution < 1.29 is 24.2 Å². The van der Waals surface area contributed by atoms with Crippen LogP contribution in [0.25, 0.3) is 0 Å². The molecule has 2 aliphatic rings. The van der Waals surface area contributed by atoms with Crippen LogP contribution in [0.4, 0.5) is 4.79 Å². The number of rotatable bonds is 5. The maximum atomic E-state index is 13.0. The molecule has 1 aromatic rings. The summed E-state index contributed by atoms with van der Waals surface area (Å²) in [5, 5.41) is 12.4. The number of likely N-dealkylation sites (tertiary alicyclic amines) is 2. The molecular formula is C19H27N5O5. The highest BCUT2D eigenvalue weighted by Gasteiger charge is 2.62. The van der Waals surface area contributed by atoms with E-state index in [9.17, 15) is 19.5 Å². The van der Waals surface area contributed by atoms with Gasteiger partial charge in [0.1, 0.15) is 23.0 Å². The summed E-state index contributed by atoms with van der Waals surface area (Å²) in [6, 6.07) is 0.635. The first kappa shape index (κ1) is 21.0. The summed E-state index contributed by atoms with van der Waals surface area (Å²) in [6.07, 6.45) is 3.78. The number of ether oxygens (including phenoxy) is 1. The Morgan fingerprint density at radius 2 is 2.03 bits per heavy atom. The summed E-state index contributed by atoms with van der Waals surface area (Å²) in [7, 11) is 0. The number of β-lactam (4-membered cyclic amide) rings is 1. The molecule has 2 saturated heterocycles. The topological polar surface area (TPSA) is 125 Å². The largest absolute Gasteiger partial charge is 0.444 e. The van der Waals surface area contributed by atoms with Crippen molar-refractivity contribution in [2.24, 2.45) is 0 Å². The average Bonchev–Trinajstić information content (AvgIpc) is 3.13. The lowest BCUT2D eigenvalue weighted by Crippen LogP contribution is -2.76. The summed E-state index contributed by atoms with van der Waals surface area (Å²) in [4.78, 5) is 48.9. The van der Waals surface area contributed by atoms with Gasteiger partial charge in [0.15, 0.2) is 0 Å². The fourth-order valence-corrected chi connectivity index (χ4v) is 3.73. The highest BCUT2D eigenvalue weighted by atomic mass is 16.6. The van der Waals surface area contributed by atoms with Gasteiger partial charge in [0.05, 0.1) is 19.7 Å². The molecule has 3 heterocycles. The van der Waals surface area contributed by atoms with Crippen molar-refractivity contribution in [1.82, 2.24) is 25.1 Å². The normalized spacial score (nSPS) is 22.4. The summed E-state index contributed by atoms with van der Waals surface area (Å²) in [6.45, 7) is 5.49. The van der Waals surface area contributed by atoms with Crippen LogP contribution < -0.4 is 5.32 Å². The van der Waals surface area contributed by atoms with Gasteiger partial charge in [-0.1, -0.05) is 0 Å². The number of hydrogen-bond donors (Lipinski definition) is 2. The minimum atomic E-state index is -1.03. The van der Waals surface area contributed by atoms with E-state index >= 15 is 0 Å². The summed E-state index contributed by atoms with van der Waals surface area (Å²) >= 11 is 0. The van der Waals surface area contributed by atoms with E-state index in [-0.39, 0.29) is 19.0 Å². The molecule has 2 aliphatic heterocycles. The third-order valence-corrected chi connectivity index (χ3v) is 5.09. The Morgan fingerprint density at radius 3 is 2.62 bits per heavy atom. The number of nitrogens with one attached hydrogen (secondary N) is 1. The fourth-order valence-electron chi connectivity index (χ4n) is 3.73. The van der Waals surface area contributed by atoms with Gasteiger partial charge in [-0.05, 0) is 39.7 Å². The Morgan fingerprint density at radius 1 is 1.34 bits per heavy atom. The third kappa shape index (κ3) is 4.16. The Bertz CT molecular complexity index is 781. The summed E-state index contributed by atoms with van der Waals surface area (Å²) in [5.74, 6) is -0.410. The minimum absolute atomic E-state index is 0.0907. The lowest BCUT2D eigenvalue weighted by Gasteiger charge is -2.52. The molecule has 29 heavy (non-hydrogen) atoms. The number of carbonyl (C=O) groups excluding carboxylic acids is 3. The molecule has 1 aromatic heterocycles. The van der Waals surface area contributed by atoms with Gasteiger partial charge in [0.25, 0.3) is 5.91 Å². The second kappa shape index (κ2) is 7.94. The second-order valence-corrected chi connectivity index (χ2v) is 8.28. The minimum Gasteiger partial charge on any atom is -0.444 e. The van der Waals surface area contributed by atoms with Crippen molar-refractivity contribution in [3.8, 4) is 0 Å². The van der Waals surface area contributed by atoms with Crippen molar-refractivity contribution in [3.63, 3.8) is 0 Å². The van der Waals surface area contributed by atoms with Crippen molar-refractivity contribution in [2.45, 2.75) is 57.3 Å². The molecule has 10 heteroatoms. The van der Waals surface area contributed by atoms with Crippen LogP contribution in [0.15, 0.2) is 18.5 Å². The van der Waals surface area contributed by atoms with Crippen LogP contribution in [-0.2, 0) is 20.9 Å². The van der Waals surface area contributed by atoms with E-state index in [4.69, 9.17) is 4.74 Å². The van der Waals surface area contributed by atoms with Gasteiger partial charge in [0, 0.05) is 18.9 Å². The quantitative estimate of drug-likeness (QED) is 0.664. The zero-order valence-electron chi connectivity index (χ0n) is 16.9. The Labute approximate surface area is 169 Å². The standard InChI is InChI=1S/C19H27N5O5/c1-18(2,3)29-17(28)24-9-4-6-19(24)12-23(16(19)27)13(11-25)15(26)22-10-14-20-7-5-8-21-14/h5,7-8,13,25H,4,6,9-12H2,1-3H3,(H,22,26). The van der Waals surface area contributed by atoms with E-state index < -0.39 is 35.8 Å². The Kier molecular flexibility index (Phi) is 5.74. The molecule has 3 rings (SSSR count). The van der Waals surface area contributed by atoms with Crippen molar-refractivity contribution in [1.29, 1.82) is 0 Å². The van der Waals surface area contributed by atoms with E-state index in [0.29, 0.717) is 25.2 Å². The van der Waals surface area contributed by atoms with Crippen LogP contribution in [0.2, 0.25) is 0 Å². The van der Waals surface area contributed by atoms with E-state index in [2.05, 4.69) is 15.3 Å². The maximum Gasteiger partial charge on any atom is 0.411 e. The van der Waals surface area contributed by atoms with Crippen LogP contribution in [0.5, 0.6) is 0 Å². The van der Waals surface area contributed by atoms with E-state index in [1.54, 1.807) is 39.2 Å². The molecule has 0 aromatic carbocycles. The first-order chi connectivity index (χ1) is 13.7. The smallest absolute Gasteiger partial charge is 0.411 e. The molecule has 2 atom stereocenters. The molecule has 2 N–H and O–H groups in total. The zero-order valence-corrected chi connectivity index (χ0v) is 16.9. The van der Waals surface area contributed by atoms with Crippen LogP contribution >= 0.6 is 0 Å². The van der Waals surface area contributed by atoms with Gasteiger partial charge < -0.3 is 20.1 Å². The van der Waals surface area contributed by atoms with Gasteiger partial charge in [-0.15, -0.1) is 0 Å². The third-order valence-electron chi connectivity index (χ3n) is 5.09. The Hall–Kier alpha value is -2.75. The number of aliphatic hydroxyl groups is 1. The van der Waals surface area contributed by atoms with Gasteiger partial charge >= 0.3 is 6.09 Å².